The lowest BCUT2D eigenvalue weighted by molar-refractivity contribution is 0.0153. The van der Waals surface area contributed by atoms with Crippen molar-refractivity contribution in [3.63, 3.8) is 0 Å². The molecule has 0 spiro atoms. The van der Waals surface area contributed by atoms with Crippen molar-refractivity contribution in [3.8, 4) is 0 Å². The fourth-order valence-corrected chi connectivity index (χ4v) is 3.50. The fraction of sp³-hybridized carbons (Fsp3) is 0.316. The molecule has 1 aliphatic heterocycles. The van der Waals surface area contributed by atoms with Crippen molar-refractivity contribution in [2.45, 2.75) is 18.4 Å². The van der Waals surface area contributed by atoms with E-state index in [-0.39, 0.29) is 19.3 Å². The van der Waals surface area contributed by atoms with Crippen molar-refractivity contribution in [2.75, 3.05) is 19.8 Å². The van der Waals surface area contributed by atoms with Gasteiger partial charge >= 0.3 is 6.09 Å². The molecule has 1 saturated heterocycles. The molecule has 1 heterocycles. The average molecular weight is 380 g/mol. The summed E-state index contributed by atoms with van der Waals surface area (Å²) in [5.74, 6) is 0. The predicted molar refractivity (Wildman–Crippen MR) is 98.0 cm³/mol. The van der Waals surface area contributed by atoms with Gasteiger partial charge in [-0.05, 0) is 29.7 Å². The maximum absolute atomic E-state index is 12.2. The maximum atomic E-state index is 12.2. The van der Waals surface area contributed by atoms with Crippen LogP contribution in [0, 0.1) is 0 Å². The molecule has 0 aliphatic carbocycles. The quantitative estimate of drug-likeness (QED) is 0.843. The summed E-state index contributed by atoms with van der Waals surface area (Å²) in [6, 6.07) is 15.1. The topological polar surface area (TPSA) is 49.8 Å². The SMILES string of the molecule is O=C1OCC(CCO)(c2ccc(Cl)c(Cl)c2)CN1Cc1ccccc1. The lowest BCUT2D eigenvalue weighted by Gasteiger charge is -2.42. The van der Waals surface area contributed by atoms with Crippen LogP contribution < -0.4 is 0 Å². The number of halogens is 2. The van der Waals surface area contributed by atoms with Gasteiger partial charge in [-0.25, -0.2) is 4.79 Å². The number of carbonyl (C=O) groups is 1. The minimum Gasteiger partial charge on any atom is -0.448 e. The molecule has 0 bridgehead atoms. The van der Waals surface area contributed by atoms with Gasteiger partial charge < -0.3 is 14.7 Å². The van der Waals surface area contributed by atoms with E-state index in [4.69, 9.17) is 27.9 Å². The van der Waals surface area contributed by atoms with Crippen LogP contribution in [0.4, 0.5) is 4.79 Å². The van der Waals surface area contributed by atoms with Crippen LogP contribution in [-0.4, -0.2) is 35.9 Å². The van der Waals surface area contributed by atoms with Gasteiger partial charge in [-0.2, -0.15) is 0 Å². The number of hydrogen-bond donors (Lipinski definition) is 1. The summed E-state index contributed by atoms with van der Waals surface area (Å²) < 4.78 is 5.46. The first-order valence-electron chi connectivity index (χ1n) is 8.06. The van der Waals surface area contributed by atoms with E-state index in [1.807, 2.05) is 36.4 Å². The van der Waals surface area contributed by atoms with Crippen molar-refractivity contribution in [2.24, 2.45) is 0 Å². The zero-order valence-electron chi connectivity index (χ0n) is 13.6. The van der Waals surface area contributed by atoms with Crippen LogP contribution in [0.15, 0.2) is 48.5 Å². The predicted octanol–water partition coefficient (Wildman–Crippen LogP) is 4.27. The third-order valence-corrected chi connectivity index (χ3v) is 5.30. The van der Waals surface area contributed by atoms with Gasteiger partial charge in [0.25, 0.3) is 0 Å². The Bertz CT molecular complexity index is 754. The first-order valence-corrected chi connectivity index (χ1v) is 8.82. The Morgan fingerprint density at radius 3 is 2.56 bits per heavy atom. The van der Waals surface area contributed by atoms with Crippen molar-refractivity contribution in [1.82, 2.24) is 4.90 Å². The Morgan fingerprint density at radius 2 is 1.88 bits per heavy atom. The molecule has 2 aromatic rings. The number of nitrogens with zero attached hydrogens (tertiary/aromatic N) is 1. The lowest BCUT2D eigenvalue weighted by atomic mass is 9.77. The van der Waals surface area contributed by atoms with E-state index in [0.717, 1.165) is 11.1 Å². The van der Waals surface area contributed by atoms with Crippen LogP contribution in [0.2, 0.25) is 10.0 Å². The highest BCUT2D eigenvalue weighted by Gasteiger charge is 2.41. The van der Waals surface area contributed by atoms with Crippen LogP contribution in [0.1, 0.15) is 17.5 Å². The zero-order chi connectivity index (χ0) is 17.9. The van der Waals surface area contributed by atoms with Crippen LogP contribution >= 0.6 is 23.2 Å². The number of carbonyl (C=O) groups excluding carboxylic acids is 1. The normalized spacial score (nSPS) is 20.4. The molecule has 3 rings (SSSR count). The molecule has 2 aromatic carbocycles. The molecule has 1 aliphatic rings. The minimum atomic E-state index is -0.522. The second-order valence-electron chi connectivity index (χ2n) is 6.28. The Hall–Kier alpha value is -1.75. The molecule has 25 heavy (non-hydrogen) atoms. The Morgan fingerprint density at radius 1 is 1.12 bits per heavy atom. The summed E-state index contributed by atoms with van der Waals surface area (Å²) >= 11 is 12.2. The smallest absolute Gasteiger partial charge is 0.410 e. The molecule has 1 amide bonds. The lowest BCUT2D eigenvalue weighted by Crippen LogP contribution is -2.52. The highest BCUT2D eigenvalue weighted by atomic mass is 35.5. The molecule has 1 atom stereocenters. The summed E-state index contributed by atoms with van der Waals surface area (Å²) in [6.07, 6.45) is 0.112. The largest absolute Gasteiger partial charge is 0.448 e. The average Bonchev–Trinajstić information content (AvgIpc) is 2.61. The first kappa shape index (κ1) is 18.1. The van der Waals surface area contributed by atoms with Gasteiger partial charge in [0.1, 0.15) is 6.61 Å². The molecule has 0 saturated carbocycles. The summed E-state index contributed by atoms with van der Waals surface area (Å²) in [5.41, 5.74) is 1.40. The van der Waals surface area contributed by atoms with Crippen LogP contribution in [0.3, 0.4) is 0 Å². The zero-order valence-corrected chi connectivity index (χ0v) is 15.1. The van der Waals surface area contributed by atoms with E-state index in [1.54, 1.807) is 17.0 Å². The van der Waals surface area contributed by atoms with Crippen molar-refractivity contribution >= 4 is 29.3 Å². The molecule has 1 fully saturated rings. The molecule has 6 heteroatoms. The van der Waals surface area contributed by atoms with Crippen LogP contribution in [0.5, 0.6) is 0 Å². The van der Waals surface area contributed by atoms with E-state index in [9.17, 15) is 9.90 Å². The van der Waals surface area contributed by atoms with Gasteiger partial charge in [0.2, 0.25) is 0 Å². The number of ether oxygens (including phenoxy) is 1. The molecule has 1 N–H and O–H groups in total. The van der Waals surface area contributed by atoms with Crippen molar-refractivity contribution in [1.29, 1.82) is 0 Å². The Balaban J connectivity index is 1.90. The maximum Gasteiger partial charge on any atom is 0.410 e. The molecular weight excluding hydrogens is 361 g/mol. The monoisotopic (exact) mass is 379 g/mol. The third kappa shape index (κ3) is 3.92. The van der Waals surface area contributed by atoms with Gasteiger partial charge in [-0.1, -0.05) is 59.6 Å². The standard InChI is InChI=1S/C19H19Cl2NO3/c20-16-7-6-15(10-17(16)21)19(8-9-23)12-22(18(24)25-13-19)11-14-4-2-1-3-5-14/h1-7,10,23H,8-9,11-13H2. The number of aliphatic hydroxyl groups excluding tert-OH is 1. The van der Waals surface area contributed by atoms with Crippen LogP contribution in [0.25, 0.3) is 0 Å². The molecule has 0 radical (unpaired) electrons. The second-order valence-corrected chi connectivity index (χ2v) is 7.09. The molecule has 4 nitrogen and oxygen atoms in total. The van der Waals surface area contributed by atoms with E-state index in [0.29, 0.717) is 29.6 Å². The van der Waals surface area contributed by atoms with Gasteiger partial charge in [0.05, 0.1) is 10.0 Å². The van der Waals surface area contributed by atoms with Gasteiger partial charge in [0.15, 0.2) is 0 Å². The van der Waals surface area contributed by atoms with E-state index < -0.39 is 5.41 Å². The first-order chi connectivity index (χ1) is 12.0. The second kappa shape index (κ2) is 7.65. The molecular formula is C19H19Cl2NO3. The number of aliphatic hydroxyl groups is 1. The fourth-order valence-electron chi connectivity index (χ4n) is 3.20. The van der Waals surface area contributed by atoms with Gasteiger partial charge in [-0.15, -0.1) is 0 Å². The highest BCUT2D eigenvalue weighted by Crippen LogP contribution is 2.36. The number of cyclic esters (lactones) is 1. The minimum absolute atomic E-state index is 0.0169. The van der Waals surface area contributed by atoms with Crippen molar-refractivity contribution < 1.29 is 14.6 Å². The van der Waals surface area contributed by atoms with Crippen molar-refractivity contribution in [3.05, 3.63) is 69.7 Å². The summed E-state index contributed by atoms with van der Waals surface area (Å²) in [4.78, 5) is 13.9. The highest BCUT2D eigenvalue weighted by molar-refractivity contribution is 6.42. The number of rotatable bonds is 5. The number of hydrogen-bond acceptors (Lipinski definition) is 3. The molecule has 132 valence electrons. The van der Waals surface area contributed by atoms with Gasteiger partial charge in [-0.3, -0.25) is 0 Å². The molecule has 0 aromatic heterocycles. The van der Waals surface area contributed by atoms with Gasteiger partial charge in [0, 0.05) is 25.1 Å². The summed E-state index contributed by atoms with van der Waals surface area (Å²) in [6.45, 7) is 1.08. The molecule has 1 unspecified atom stereocenters. The van der Waals surface area contributed by atoms with E-state index >= 15 is 0 Å². The number of benzene rings is 2. The van der Waals surface area contributed by atoms with E-state index in [2.05, 4.69) is 0 Å². The Labute approximate surface area is 156 Å². The summed E-state index contributed by atoms with van der Waals surface area (Å²) in [7, 11) is 0. The third-order valence-electron chi connectivity index (χ3n) is 4.56. The Kier molecular flexibility index (Phi) is 5.52. The van der Waals surface area contributed by atoms with E-state index in [1.165, 1.54) is 0 Å². The van der Waals surface area contributed by atoms with Crippen LogP contribution in [-0.2, 0) is 16.7 Å². The number of amides is 1. The summed E-state index contributed by atoms with van der Waals surface area (Å²) in [5, 5.41) is 10.5.